The van der Waals surface area contributed by atoms with E-state index in [0.29, 0.717) is 13.0 Å². The molecule has 1 saturated heterocycles. The second-order valence-corrected chi connectivity index (χ2v) is 6.68. The number of rotatable bonds is 9. The SMILES string of the molecule is Cl.Cl.NCCCCCCC(=O)Nc1ccccc1N1CCC(C(N)=O)CC1. The lowest BCUT2D eigenvalue weighted by molar-refractivity contribution is -0.122. The van der Waals surface area contributed by atoms with E-state index in [4.69, 9.17) is 11.5 Å². The number of nitrogens with zero attached hydrogens (tertiary/aromatic N) is 1. The van der Waals surface area contributed by atoms with Gasteiger partial charge in [0.25, 0.3) is 0 Å². The number of benzene rings is 1. The van der Waals surface area contributed by atoms with Gasteiger partial charge in [-0.15, -0.1) is 24.8 Å². The maximum Gasteiger partial charge on any atom is 0.224 e. The smallest absolute Gasteiger partial charge is 0.224 e. The fraction of sp³-hybridized carbons (Fsp3) is 0.579. The predicted octanol–water partition coefficient (Wildman–Crippen LogP) is 3.08. The highest BCUT2D eigenvalue weighted by Gasteiger charge is 2.24. The Labute approximate surface area is 174 Å². The number of hydrogen-bond donors (Lipinski definition) is 3. The zero-order valence-electron chi connectivity index (χ0n) is 15.7. The third-order valence-electron chi connectivity index (χ3n) is 4.77. The first-order valence-electron chi connectivity index (χ1n) is 9.25. The fourth-order valence-electron chi connectivity index (χ4n) is 3.26. The van der Waals surface area contributed by atoms with E-state index in [-0.39, 0.29) is 42.5 Å². The topological polar surface area (TPSA) is 101 Å². The Balaban J connectivity index is 0.00000338. The van der Waals surface area contributed by atoms with Crippen LogP contribution in [-0.4, -0.2) is 31.4 Å². The molecule has 6 nitrogen and oxygen atoms in total. The highest BCUT2D eigenvalue weighted by molar-refractivity contribution is 5.94. The number of amides is 2. The summed E-state index contributed by atoms with van der Waals surface area (Å²) in [5.41, 5.74) is 12.7. The average molecular weight is 419 g/mol. The van der Waals surface area contributed by atoms with Crippen molar-refractivity contribution in [1.29, 1.82) is 0 Å². The van der Waals surface area contributed by atoms with Crippen LogP contribution >= 0.6 is 24.8 Å². The largest absolute Gasteiger partial charge is 0.370 e. The molecule has 2 rings (SSSR count). The standard InChI is InChI=1S/C19H30N4O2.2ClH/c20-12-6-2-1-3-9-18(24)22-16-7-4-5-8-17(16)23-13-10-15(11-14-23)19(21)25;;/h4-5,7-8,15H,1-3,6,9-14,20H2,(H2,21,25)(H,22,24);2*1H. The van der Waals surface area contributed by atoms with Gasteiger partial charge in [0.15, 0.2) is 0 Å². The summed E-state index contributed by atoms with van der Waals surface area (Å²) >= 11 is 0. The van der Waals surface area contributed by atoms with E-state index in [2.05, 4.69) is 10.2 Å². The Hall–Kier alpha value is -1.50. The molecule has 1 aliphatic heterocycles. The molecular weight excluding hydrogens is 387 g/mol. The molecule has 1 fully saturated rings. The van der Waals surface area contributed by atoms with E-state index in [1.54, 1.807) is 0 Å². The summed E-state index contributed by atoms with van der Waals surface area (Å²) in [5, 5.41) is 3.04. The molecule has 1 aliphatic rings. The van der Waals surface area contributed by atoms with Crippen molar-refractivity contribution in [2.45, 2.75) is 44.9 Å². The first-order valence-corrected chi connectivity index (χ1v) is 9.25. The van der Waals surface area contributed by atoms with Crippen LogP contribution in [-0.2, 0) is 9.59 Å². The molecule has 1 aromatic carbocycles. The molecule has 27 heavy (non-hydrogen) atoms. The minimum absolute atomic E-state index is 0. The lowest BCUT2D eigenvalue weighted by Crippen LogP contribution is -2.38. The second kappa shape index (κ2) is 13.6. The van der Waals surface area contributed by atoms with Gasteiger partial charge in [-0.2, -0.15) is 0 Å². The number of carbonyl (C=O) groups is 2. The zero-order chi connectivity index (χ0) is 18.1. The highest BCUT2D eigenvalue weighted by Crippen LogP contribution is 2.30. The van der Waals surface area contributed by atoms with Crippen molar-refractivity contribution >= 4 is 48.0 Å². The first kappa shape index (κ1) is 25.5. The molecule has 154 valence electrons. The monoisotopic (exact) mass is 418 g/mol. The number of hydrogen-bond acceptors (Lipinski definition) is 4. The minimum Gasteiger partial charge on any atom is -0.370 e. The van der Waals surface area contributed by atoms with E-state index >= 15 is 0 Å². The molecule has 0 spiro atoms. The maximum atomic E-state index is 12.2. The van der Waals surface area contributed by atoms with Crippen LogP contribution in [0.2, 0.25) is 0 Å². The van der Waals surface area contributed by atoms with Gasteiger partial charge in [-0.05, 0) is 44.4 Å². The Morgan fingerprint density at radius 2 is 1.67 bits per heavy atom. The number of unbranched alkanes of at least 4 members (excludes halogenated alkanes) is 3. The predicted molar refractivity (Wildman–Crippen MR) is 116 cm³/mol. The summed E-state index contributed by atoms with van der Waals surface area (Å²) in [6.07, 6.45) is 6.08. The van der Waals surface area contributed by atoms with Gasteiger partial charge in [-0.3, -0.25) is 9.59 Å². The van der Waals surface area contributed by atoms with Gasteiger partial charge in [0.1, 0.15) is 0 Å². The molecule has 0 aliphatic carbocycles. The first-order chi connectivity index (χ1) is 12.1. The van der Waals surface area contributed by atoms with Crippen molar-refractivity contribution in [3.05, 3.63) is 24.3 Å². The van der Waals surface area contributed by atoms with E-state index < -0.39 is 0 Å². The van der Waals surface area contributed by atoms with Crippen LogP contribution in [0.15, 0.2) is 24.3 Å². The number of halogens is 2. The highest BCUT2D eigenvalue weighted by atomic mass is 35.5. The van der Waals surface area contributed by atoms with Crippen molar-refractivity contribution in [2.24, 2.45) is 17.4 Å². The van der Waals surface area contributed by atoms with Crippen molar-refractivity contribution in [2.75, 3.05) is 29.9 Å². The molecular formula is C19H32Cl2N4O2. The van der Waals surface area contributed by atoms with Gasteiger partial charge in [0.05, 0.1) is 11.4 Å². The van der Waals surface area contributed by atoms with Crippen molar-refractivity contribution in [1.82, 2.24) is 0 Å². The maximum absolute atomic E-state index is 12.2. The number of nitrogens with two attached hydrogens (primary N) is 2. The molecule has 1 aromatic rings. The summed E-state index contributed by atoms with van der Waals surface area (Å²) in [4.78, 5) is 25.7. The van der Waals surface area contributed by atoms with Crippen LogP contribution in [0.4, 0.5) is 11.4 Å². The summed E-state index contributed by atoms with van der Waals surface area (Å²) in [6.45, 7) is 2.27. The van der Waals surface area contributed by atoms with E-state index in [1.807, 2.05) is 24.3 Å². The molecule has 0 unspecified atom stereocenters. The van der Waals surface area contributed by atoms with Gasteiger partial charge in [-0.1, -0.05) is 25.0 Å². The zero-order valence-corrected chi connectivity index (χ0v) is 17.3. The Kier molecular flexibility index (Phi) is 12.9. The van der Waals surface area contributed by atoms with Crippen LogP contribution in [0.1, 0.15) is 44.9 Å². The lowest BCUT2D eigenvalue weighted by atomic mass is 9.96. The quantitative estimate of drug-likeness (QED) is 0.536. The van der Waals surface area contributed by atoms with Gasteiger partial charge in [-0.25, -0.2) is 0 Å². The van der Waals surface area contributed by atoms with Crippen LogP contribution in [0, 0.1) is 5.92 Å². The van der Waals surface area contributed by atoms with Crippen LogP contribution in [0.25, 0.3) is 0 Å². The number of para-hydroxylation sites is 2. The van der Waals surface area contributed by atoms with Crippen molar-refractivity contribution in [3.63, 3.8) is 0 Å². The molecule has 5 N–H and O–H groups in total. The molecule has 8 heteroatoms. The average Bonchev–Trinajstić information content (AvgIpc) is 2.62. The van der Waals surface area contributed by atoms with Crippen molar-refractivity contribution < 1.29 is 9.59 Å². The molecule has 2 amide bonds. The van der Waals surface area contributed by atoms with Crippen LogP contribution in [0.5, 0.6) is 0 Å². The Morgan fingerprint density at radius 3 is 2.30 bits per heavy atom. The number of carbonyl (C=O) groups excluding carboxylic acids is 2. The number of anilines is 2. The summed E-state index contributed by atoms with van der Waals surface area (Å²) in [5.74, 6) is -0.199. The van der Waals surface area contributed by atoms with Gasteiger partial charge in [0, 0.05) is 25.4 Å². The molecule has 0 aromatic heterocycles. The normalized spacial score (nSPS) is 14.0. The summed E-state index contributed by atoms with van der Waals surface area (Å²) in [6, 6.07) is 7.85. The van der Waals surface area contributed by atoms with Crippen LogP contribution < -0.4 is 21.7 Å². The molecule has 0 radical (unpaired) electrons. The summed E-state index contributed by atoms with van der Waals surface area (Å²) < 4.78 is 0. The fourth-order valence-corrected chi connectivity index (χ4v) is 3.26. The molecule has 0 atom stereocenters. The summed E-state index contributed by atoms with van der Waals surface area (Å²) in [7, 11) is 0. The number of primary amides is 1. The van der Waals surface area contributed by atoms with E-state index in [1.165, 1.54) is 0 Å². The molecule has 0 bridgehead atoms. The molecule has 1 heterocycles. The van der Waals surface area contributed by atoms with Crippen molar-refractivity contribution in [3.8, 4) is 0 Å². The Morgan fingerprint density at radius 1 is 1.04 bits per heavy atom. The lowest BCUT2D eigenvalue weighted by Gasteiger charge is -2.33. The third kappa shape index (κ3) is 8.37. The number of nitrogens with one attached hydrogen (secondary N) is 1. The Bertz CT molecular complexity index is 579. The van der Waals surface area contributed by atoms with Gasteiger partial charge in [0.2, 0.25) is 11.8 Å². The van der Waals surface area contributed by atoms with Gasteiger partial charge >= 0.3 is 0 Å². The minimum atomic E-state index is -0.212. The van der Waals surface area contributed by atoms with Gasteiger partial charge < -0.3 is 21.7 Å². The second-order valence-electron chi connectivity index (χ2n) is 6.68. The van der Waals surface area contributed by atoms with E-state index in [9.17, 15) is 9.59 Å². The third-order valence-corrected chi connectivity index (χ3v) is 4.77. The molecule has 0 saturated carbocycles. The number of piperidine rings is 1. The van der Waals surface area contributed by atoms with Crippen LogP contribution in [0.3, 0.4) is 0 Å². The van der Waals surface area contributed by atoms with E-state index in [0.717, 1.165) is 63.0 Å².